The van der Waals surface area contributed by atoms with Gasteiger partial charge in [0.25, 0.3) is 0 Å². The van der Waals surface area contributed by atoms with Gasteiger partial charge in [0.1, 0.15) is 5.52 Å². The summed E-state index contributed by atoms with van der Waals surface area (Å²) in [5, 5.41) is 8.12. The van der Waals surface area contributed by atoms with Crippen molar-refractivity contribution in [3.05, 3.63) is 24.3 Å². The first kappa shape index (κ1) is 10.6. The van der Waals surface area contributed by atoms with Gasteiger partial charge in [-0.15, -0.1) is 5.10 Å². The van der Waals surface area contributed by atoms with Crippen molar-refractivity contribution in [3.8, 4) is 0 Å². The maximum Gasteiger partial charge on any atom is 0.217 e. The van der Waals surface area contributed by atoms with Gasteiger partial charge in [0, 0.05) is 13.0 Å². The van der Waals surface area contributed by atoms with E-state index in [4.69, 9.17) is 5.73 Å². The molecule has 84 valence electrons. The second-order valence-corrected chi connectivity index (χ2v) is 3.72. The van der Waals surface area contributed by atoms with Crippen LogP contribution in [0.5, 0.6) is 0 Å². The van der Waals surface area contributed by atoms with Gasteiger partial charge >= 0.3 is 0 Å². The number of fused-ring (bicyclic) bond motifs is 1. The molecule has 0 saturated carbocycles. The van der Waals surface area contributed by atoms with E-state index in [9.17, 15) is 4.79 Å². The number of hydrogen-bond acceptors (Lipinski definition) is 3. The van der Waals surface area contributed by atoms with Gasteiger partial charge in [-0.05, 0) is 25.0 Å². The Morgan fingerprint density at radius 1 is 1.31 bits per heavy atom. The molecule has 0 aliphatic rings. The summed E-state index contributed by atoms with van der Waals surface area (Å²) in [6.07, 6.45) is 2.12. The summed E-state index contributed by atoms with van der Waals surface area (Å²) in [5.74, 6) is -0.247. The summed E-state index contributed by atoms with van der Waals surface area (Å²) in [6.45, 7) is 0.772. The first-order chi connectivity index (χ1) is 7.77. The monoisotopic (exact) mass is 218 g/mol. The Morgan fingerprint density at radius 3 is 2.94 bits per heavy atom. The summed E-state index contributed by atoms with van der Waals surface area (Å²) < 4.78 is 1.86. The van der Waals surface area contributed by atoms with E-state index in [1.807, 2.05) is 28.9 Å². The minimum Gasteiger partial charge on any atom is -0.370 e. The zero-order valence-corrected chi connectivity index (χ0v) is 8.97. The third-order valence-electron chi connectivity index (χ3n) is 2.46. The Labute approximate surface area is 93.2 Å². The molecule has 2 rings (SSSR count). The zero-order chi connectivity index (χ0) is 11.4. The molecule has 1 aromatic heterocycles. The van der Waals surface area contributed by atoms with Gasteiger partial charge in [0.05, 0.1) is 5.52 Å². The van der Waals surface area contributed by atoms with Gasteiger partial charge < -0.3 is 5.73 Å². The third kappa shape index (κ3) is 2.36. The fourth-order valence-corrected chi connectivity index (χ4v) is 1.64. The van der Waals surface area contributed by atoms with Crippen molar-refractivity contribution in [1.82, 2.24) is 15.0 Å². The smallest absolute Gasteiger partial charge is 0.217 e. The van der Waals surface area contributed by atoms with Crippen LogP contribution in [0.1, 0.15) is 19.3 Å². The first-order valence-electron chi connectivity index (χ1n) is 5.34. The Balaban J connectivity index is 1.97. The van der Waals surface area contributed by atoms with E-state index < -0.39 is 0 Å². The van der Waals surface area contributed by atoms with Crippen molar-refractivity contribution < 1.29 is 4.79 Å². The number of unbranched alkanes of at least 4 members (excludes halogenated alkanes) is 1. The molecule has 0 bridgehead atoms. The number of aryl methyl sites for hydroxylation is 1. The number of rotatable bonds is 5. The molecule has 1 aromatic carbocycles. The van der Waals surface area contributed by atoms with Crippen LogP contribution in [0.25, 0.3) is 11.0 Å². The molecule has 2 N–H and O–H groups in total. The molecular weight excluding hydrogens is 204 g/mol. The molecular formula is C11H14N4O. The zero-order valence-electron chi connectivity index (χ0n) is 8.97. The number of aromatic nitrogens is 3. The van der Waals surface area contributed by atoms with Gasteiger partial charge in [-0.25, -0.2) is 4.68 Å². The molecule has 0 spiro atoms. The Bertz CT molecular complexity index is 491. The van der Waals surface area contributed by atoms with Crippen molar-refractivity contribution in [2.75, 3.05) is 0 Å². The Morgan fingerprint density at radius 2 is 2.12 bits per heavy atom. The average molecular weight is 218 g/mol. The van der Waals surface area contributed by atoms with Crippen molar-refractivity contribution in [2.45, 2.75) is 25.8 Å². The topological polar surface area (TPSA) is 73.8 Å². The SMILES string of the molecule is NC(=O)CCCCn1nnc2ccccc21. The Hall–Kier alpha value is -1.91. The van der Waals surface area contributed by atoms with Gasteiger partial charge in [-0.3, -0.25) is 4.79 Å². The average Bonchev–Trinajstić information content (AvgIpc) is 2.68. The second-order valence-electron chi connectivity index (χ2n) is 3.72. The molecule has 2 aromatic rings. The van der Waals surface area contributed by atoms with E-state index in [0.717, 1.165) is 30.4 Å². The van der Waals surface area contributed by atoms with Gasteiger partial charge in [0.2, 0.25) is 5.91 Å². The molecule has 0 aliphatic heterocycles. The quantitative estimate of drug-likeness (QED) is 0.763. The van der Waals surface area contributed by atoms with Crippen LogP contribution in [0, 0.1) is 0 Å². The molecule has 0 radical (unpaired) electrons. The number of primary amides is 1. The second kappa shape index (κ2) is 4.74. The van der Waals surface area contributed by atoms with Crippen LogP contribution in [0.4, 0.5) is 0 Å². The molecule has 1 amide bonds. The van der Waals surface area contributed by atoms with Crippen LogP contribution in [-0.4, -0.2) is 20.9 Å². The highest BCUT2D eigenvalue weighted by molar-refractivity contribution is 5.74. The third-order valence-corrected chi connectivity index (χ3v) is 2.46. The molecule has 1 heterocycles. The number of nitrogens with two attached hydrogens (primary N) is 1. The Kier molecular flexibility index (Phi) is 3.14. The van der Waals surface area contributed by atoms with Crippen molar-refractivity contribution >= 4 is 16.9 Å². The van der Waals surface area contributed by atoms with E-state index in [1.54, 1.807) is 0 Å². The largest absolute Gasteiger partial charge is 0.370 e. The maximum atomic E-state index is 10.6. The molecule has 16 heavy (non-hydrogen) atoms. The van der Waals surface area contributed by atoms with E-state index in [2.05, 4.69) is 10.3 Å². The van der Waals surface area contributed by atoms with E-state index >= 15 is 0 Å². The van der Waals surface area contributed by atoms with Crippen LogP contribution >= 0.6 is 0 Å². The number of nitrogens with zero attached hydrogens (tertiary/aromatic N) is 3. The molecule has 5 heteroatoms. The highest BCUT2D eigenvalue weighted by Crippen LogP contribution is 2.10. The lowest BCUT2D eigenvalue weighted by molar-refractivity contribution is -0.118. The standard InChI is InChI=1S/C11H14N4O/c12-11(16)7-3-4-8-15-10-6-2-1-5-9(10)13-14-15/h1-2,5-6H,3-4,7-8H2,(H2,12,16). The van der Waals surface area contributed by atoms with Gasteiger partial charge in [-0.1, -0.05) is 17.3 Å². The molecule has 0 unspecified atom stereocenters. The van der Waals surface area contributed by atoms with Crippen LogP contribution in [0.15, 0.2) is 24.3 Å². The molecule has 0 fully saturated rings. The predicted octanol–water partition coefficient (Wildman–Crippen LogP) is 1.09. The van der Waals surface area contributed by atoms with E-state index in [0.29, 0.717) is 6.42 Å². The molecule has 0 aliphatic carbocycles. The van der Waals surface area contributed by atoms with E-state index in [-0.39, 0.29) is 5.91 Å². The lowest BCUT2D eigenvalue weighted by atomic mass is 10.2. The van der Waals surface area contributed by atoms with E-state index in [1.165, 1.54) is 0 Å². The fourth-order valence-electron chi connectivity index (χ4n) is 1.64. The summed E-state index contributed by atoms with van der Waals surface area (Å²) in [5.41, 5.74) is 7.00. The highest BCUT2D eigenvalue weighted by atomic mass is 16.1. The molecule has 0 atom stereocenters. The minimum atomic E-state index is -0.247. The van der Waals surface area contributed by atoms with Crippen LogP contribution in [0.3, 0.4) is 0 Å². The van der Waals surface area contributed by atoms with Crippen LogP contribution in [0.2, 0.25) is 0 Å². The number of amides is 1. The first-order valence-corrected chi connectivity index (χ1v) is 5.34. The van der Waals surface area contributed by atoms with Crippen LogP contribution in [-0.2, 0) is 11.3 Å². The van der Waals surface area contributed by atoms with Gasteiger partial charge in [-0.2, -0.15) is 0 Å². The number of benzene rings is 1. The lowest BCUT2D eigenvalue weighted by Gasteiger charge is -2.00. The summed E-state index contributed by atoms with van der Waals surface area (Å²) >= 11 is 0. The summed E-state index contributed by atoms with van der Waals surface area (Å²) in [6, 6.07) is 7.83. The maximum absolute atomic E-state index is 10.6. The number of carbonyl (C=O) groups excluding carboxylic acids is 1. The van der Waals surface area contributed by atoms with Crippen molar-refractivity contribution in [3.63, 3.8) is 0 Å². The lowest BCUT2D eigenvalue weighted by Crippen LogP contribution is -2.10. The number of carbonyl (C=O) groups is 1. The molecule has 5 nitrogen and oxygen atoms in total. The number of hydrogen-bond donors (Lipinski definition) is 1. The summed E-state index contributed by atoms with van der Waals surface area (Å²) in [4.78, 5) is 10.6. The van der Waals surface area contributed by atoms with Crippen molar-refractivity contribution in [2.24, 2.45) is 5.73 Å². The fraction of sp³-hybridized carbons (Fsp3) is 0.364. The predicted molar refractivity (Wildman–Crippen MR) is 60.6 cm³/mol. The highest BCUT2D eigenvalue weighted by Gasteiger charge is 2.02. The summed E-state index contributed by atoms with van der Waals surface area (Å²) in [7, 11) is 0. The minimum absolute atomic E-state index is 0.247. The number of para-hydroxylation sites is 1. The van der Waals surface area contributed by atoms with Crippen LogP contribution < -0.4 is 5.73 Å². The van der Waals surface area contributed by atoms with Gasteiger partial charge in [0.15, 0.2) is 0 Å². The molecule has 0 saturated heterocycles. The van der Waals surface area contributed by atoms with Crippen molar-refractivity contribution in [1.29, 1.82) is 0 Å². The normalized spacial score (nSPS) is 10.8.